The zero-order chi connectivity index (χ0) is 19.6. The molecule has 1 aliphatic rings. The Labute approximate surface area is 154 Å². The number of nitrogens with zero attached hydrogens (tertiary/aromatic N) is 1. The van der Waals surface area contributed by atoms with Crippen LogP contribution in [0.15, 0.2) is 48.5 Å². The summed E-state index contributed by atoms with van der Waals surface area (Å²) in [5, 5.41) is 49.4. The van der Waals surface area contributed by atoms with E-state index in [1.165, 1.54) is 12.1 Å². The third kappa shape index (κ3) is 4.07. The van der Waals surface area contributed by atoms with Crippen molar-refractivity contribution in [1.29, 1.82) is 0 Å². The van der Waals surface area contributed by atoms with Crippen molar-refractivity contribution in [3.63, 3.8) is 0 Å². The van der Waals surface area contributed by atoms with Gasteiger partial charge in [-0.25, -0.2) is 0 Å². The smallest absolute Gasteiger partial charge is 0.269 e. The van der Waals surface area contributed by atoms with Crippen molar-refractivity contribution in [3.05, 3.63) is 58.6 Å². The Morgan fingerprint density at radius 1 is 0.926 bits per heavy atom. The number of rotatable bonds is 5. The SMILES string of the molecule is O=[N+]([O-])c1ccc(-c2ccc(OC3OC(CO)C(O)C(O)C3O)cc2)cc1. The minimum Gasteiger partial charge on any atom is -0.462 e. The predicted octanol–water partition coefficient (Wildman–Crippen LogP) is 0.440. The molecule has 0 saturated carbocycles. The first-order chi connectivity index (χ1) is 12.9. The largest absolute Gasteiger partial charge is 0.462 e. The van der Waals surface area contributed by atoms with Crippen molar-refractivity contribution in [2.45, 2.75) is 30.7 Å². The molecule has 4 N–H and O–H groups in total. The van der Waals surface area contributed by atoms with Crippen LogP contribution in [0.3, 0.4) is 0 Å². The van der Waals surface area contributed by atoms with Crippen molar-refractivity contribution in [3.8, 4) is 16.9 Å². The standard InChI is InChI=1S/C18H19NO8/c20-9-14-15(21)16(22)17(23)18(27-14)26-13-7-3-11(4-8-13)10-1-5-12(6-2-10)19(24)25/h1-8,14-18,20-23H,9H2. The van der Waals surface area contributed by atoms with Gasteiger partial charge in [0, 0.05) is 12.1 Å². The lowest BCUT2D eigenvalue weighted by Crippen LogP contribution is -2.60. The van der Waals surface area contributed by atoms with Crippen LogP contribution in [-0.4, -0.2) is 62.7 Å². The van der Waals surface area contributed by atoms with Gasteiger partial charge in [-0.3, -0.25) is 10.1 Å². The quantitative estimate of drug-likeness (QED) is 0.434. The predicted molar refractivity (Wildman–Crippen MR) is 92.9 cm³/mol. The molecule has 27 heavy (non-hydrogen) atoms. The second-order valence-corrected chi connectivity index (χ2v) is 6.14. The maximum atomic E-state index is 10.7. The van der Waals surface area contributed by atoms with Gasteiger partial charge in [0.15, 0.2) is 0 Å². The van der Waals surface area contributed by atoms with Crippen LogP contribution in [0.2, 0.25) is 0 Å². The minimum absolute atomic E-state index is 0.00122. The normalized spacial score (nSPS) is 27.9. The number of hydrogen-bond donors (Lipinski definition) is 4. The lowest BCUT2D eigenvalue weighted by Gasteiger charge is -2.39. The van der Waals surface area contributed by atoms with E-state index < -0.39 is 42.2 Å². The average Bonchev–Trinajstić information content (AvgIpc) is 2.69. The van der Waals surface area contributed by atoms with Crippen molar-refractivity contribution >= 4 is 5.69 Å². The summed E-state index contributed by atoms with van der Waals surface area (Å²) in [6, 6.07) is 12.7. The van der Waals surface area contributed by atoms with Crippen LogP contribution in [0.1, 0.15) is 0 Å². The molecule has 9 heteroatoms. The summed E-state index contributed by atoms with van der Waals surface area (Å²) in [7, 11) is 0. The number of aliphatic hydroxyl groups excluding tert-OH is 4. The first-order valence-corrected chi connectivity index (χ1v) is 8.23. The summed E-state index contributed by atoms with van der Waals surface area (Å²) in [5.41, 5.74) is 1.58. The van der Waals surface area contributed by atoms with Crippen LogP contribution in [0.25, 0.3) is 11.1 Å². The molecule has 1 saturated heterocycles. The van der Waals surface area contributed by atoms with Crippen LogP contribution in [-0.2, 0) is 4.74 Å². The van der Waals surface area contributed by atoms with E-state index in [1.54, 1.807) is 36.4 Å². The molecule has 1 fully saturated rings. The number of hydrogen-bond acceptors (Lipinski definition) is 8. The van der Waals surface area contributed by atoms with Gasteiger partial charge < -0.3 is 29.9 Å². The minimum atomic E-state index is -1.51. The number of nitro groups is 1. The number of benzene rings is 2. The molecule has 5 unspecified atom stereocenters. The fourth-order valence-corrected chi connectivity index (χ4v) is 2.80. The van der Waals surface area contributed by atoms with Crippen LogP contribution >= 0.6 is 0 Å². The first kappa shape index (κ1) is 19.2. The third-order valence-corrected chi connectivity index (χ3v) is 4.37. The molecular weight excluding hydrogens is 358 g/mol. The lowest BCUT2D eigenvalue weighted by atomic mass is 9.99. The molecular formula is C18H19NO8. The molecule has 5 atom stereocenters. The van der Waals surface area contributed by atoms with Gasteiger partial charge in [-0.05, 0) is 35.4 Å². The van der Waals surface area contributed by atoms with E-state index in [2.05, 4.69) is 0 Å². The molecule has 0 radical (unpaired) electrons. The molecule has 144 valence electrons. The van der Waals surface area contributed by atoms with E-state index in [1.807, 2.05) is 0 Å². The highest BCUT2D eigenvalue weighted by Gasteiger charge is 2.44. The maximum Gasteiger partial charge on any atom is 0.269 e. The Balaban J connectivity index is 1.71. The van der Waals surface area contributed by atoms with Crippen LogP contribution in [0, 0.1) is 10.1 Å². The molecule has 3 rings (SSSR count). The third-order valence-electron chi connectivity index (χ3n) is 4.37. The Bertz CT molecular complexity index is 777. The molecule has 0 spiro atoms. The molecule has 2 aromatic rings. The van der Waals surface area contributed by atoms with E-state index in [0.29, 0.717) is 5.75 Å². The summed E-state index contributed by atoms with van der Waals surface area (Å²) >= 11 is 0. The monoisotopic (exact) mass is 377 g/mol. The average molecular weight is 377 g/mol. The van der Waals surface area contributed by atoms with E-state index >= 15 is 0 Å². The lowest BCUT2D eigenvalue weighted by molar-refractivity contribution is -0.384. The zero-order valence-electron chi connectivity index (χ0n) is 14.1. The Morgan fingerprint density at radius 3 is 2.00 bits per heavy atom. The van der Waals surface area contributed by atoms with E-state index in [0.717, 1.165) is 11.1 Å². The summed E-state index contributed by atoms with van der Waals surface area (Å²) in [5.74, 6) is 0.338. The van der Waals surface area contributed by atoms with Gasteiger partial charge in [-0.1, -0.05) is 12.1 Å². The number of nitro benzene ring substituents is 1. The number of aliphatic hydroxyl groups is 4. The highest BCUT2D eigenvalue weighted by molar-refractivity contribution is 5.65. The van der Waals surface area contributed by atoms with Crippen molar-refractivity contribution < 1.29 is 34.8 Å². The molecule has 1 aliphatic heterocycles. The van der Waals surface area contributed by atoms with Crippen LogP contribution in [0.5, 0.6) is 5.75 Å². The topological polar surface area (TPSA) is 143 Å². The summed E-state index contributed by atoms with van der Waals surface area (Å²) < 4.78 is 10.8. The van der Waals surface area contributed by atoms with Crippen molar-refractivity contribution in [2.75, 3.05) is 6.61 Å². The highest BCUT2D eigenvalue weighted by Crippen LogP contribution is 2.27. The molecule has 0 aliphatic carbocycles. The van der Waals surface area contributed by atoms with Gasteiger partial charge in [-0.2, -0.15) is 0 Å². The van der Waals surface area contributed by atoms with Gasteiger partial charge in [0.1, 0.15) is 30.2 Å². The Kier molecular flexibility index (Phi) is 5.68. The van der Waals surface area contributed by atoms with Crippen molar-refractivity contribution in [2.24, 2.45) is 0 Å². The molecule has 9 nitrogen and oxygen atoms in total. The maximum absolute atomic E-state index is 10.7. The van der Waals surface area contributed by atoms with E-state index in [4.69, 9.17) is 9.47 Å². The second kappa shape index (κ2) is 7.99. The molecule has 2 aromatic carbocycles. The van der Waals surface area contributed by atoms with Gasteiger partial charge >= 0.3 is 0 Å². The molecule has 0 amide bonds. The molecule has 0 bridgehead atoms. The van der Waals surface area contributed by atoms with Gasteiger partial charge in [-0.15, -0.1) is 0 Å². The van der Waals surface area contributed by atoms with E-state index in [9.17, 15) is 30.5 Å². The van der Waals surface area contributed by atoms with Crippen molar-refractivity contribution in [1.82, 2.24) is 0 Å². The Hall–Kier alpha value is -2.56. The molecule has 0 aromatic heterocycles. The first-order valence-electron chi connectivity index (χ1n) is 8.23. The van der Waals surface area contributed by atoms with Crippen LogP contribution < -0.4 is 4.74 Å². The fourth-order valence-electron chi connectivity index (χ4n) is 2.80. The summed E-state index contributed by atoms with van der Waals surface area (Å²) in [6.45, 7) is -0.538. The van der Waals surface area contributed by atoms with Gasteiger partial charge in [0.2, 0.25) is 6.29 Å². The van der Waals surface area contributed by atoms with Gasteiger partial charge in [0.05, 0.1) is 11.5 Å². The fraction of sp³-hybridized carbons (Fsp3) is 0.333. The van der Waals surface area contributed by atoms with E-state index in [-0.39, 0.29) is 5.69 Å². The number of non-ortho nitro benzene ring substituents is 1. The van der Waals surface area contributed by atoms with Gasteiger partial charge in [0.25, 0.3) is 5.69 Å². The molecule has 1 heterocycles. The summed E-state index contributed by atoms with van der Waals surface area (Å²) in [4.78, 5) is 10.2. The summed E-state index contributed by atoms with van der Waals surface area (Å²) in [6.07, 6.45) is -6.76. The highest BCUT2D eigenvalue weighted by atomic mass is 16.7. The number of ether oxygens (including phenoxy) is 2. The van der Waals surface area contributed by atoms with Crippen LogP contribution in [0.4, 0.5) is 5.69 Å². The Morgan fingerprint density at radius 2 is 1.48 bits per heavy atom. The zero-order valence-corrected chi connectivity index (χ0v) is 14.1. The second-order valence-electron chi connectivity index (χ2n) is 6.14.